The lowest BCUT2D eigenvalue weighted by Crippen LogP contribution is -2.41. The molecule has 0 saturated heterocycles. The Labute approximate surface area is 148 Å². The lowest BCUT2D eigenvalue weighted by molar-refractivity contribution is 0.0277. The second kappa shape index (κ2) is 14.5. The van der Waals surface area contributed by atoms with Gasteiger partial charge in [-0.3, -0.25) is 4.99 Å². The molecule has 0 bridgehead atoms. The van der Waals surface area contributed by atoms with Gasteiger partial charge in [0.2, 0.25) is 0 Å². The SMILES string of the molecule is CN=C(NCCCOC1CCCCC1)NCCN(C)CCCOC. The van der Waals surface area contributed by atoms with Crippen LogP contribution in [0.4, 0.5) is 0 Å². The number of nitrogens with zero attached hydrogens (tertiary/aromatic N) is 2. The van der Waals surface area contributed by atoms with Gasteiger partial charge in [-0.15, -0.1) is 0 Å². The molecule has 1 aliphatic rings. The second-order valence-corrected chi connectivity index (χ2v) is 6.56. The van der Waals surface area contributed by atoms with Gasteiger partial charge in [-0.05, 0) is 32.7 Å². The molecule has 0 unspecified atom stereocenters. The Morgan fingerprint density at radius 1 is 1.04 bits per heavy atom. The second-order valence-electron chi connectivity index (χ2n) is 6.56. The molecule has 0 heterocycles. The molecule has 0 radical (unpaired) electrons. The van der Waals surface area contributed by atoms with Crippen LogP contribution in [0.5, 0.6) is 0 Å². The van der Waals surface area contributed by atoms with Gasteiger partial charge in [0.05, 0.1) is 6.10 Å². The normalized spacial score (nSPS) is 16.6. The molecule has 2 N–H and O–H groups in total. The lowest BCUT2D eigenvalue weighted by atomic mass is 9.98. The molecule has 0 amide bonds. The largest absolute Gasteiger partial charge is 0.385 e. The van der Waals surface area contributed by atoms with Gasteiger partial charge in [0, 0.05) is 53.6 Å². The zero-order valence-corrected chi connectivity index (χ0v) is 16.0. The number of methoxy groups -OCH3 is 1. The predicted molar refractivity (Wildman–Crippen MR) is 101 cm³/mol. The molecule has 0 aromatic rings. The van der Waals surface area contributed by atoms with Crippen molar-refractivity contribution in [2.24, 2.45) is 4.99 Å². The first-order valence-electron chi connectivity index (χ1n) is 9.50. The third-order valence-corrected chi connectivity index (χ3v) is 4.42. The highest BCUT2D eigenvalue weighted by Gasteiger charge is 2.12. The third-order valence-electron chi connectivity index (χ3n) is 4.42. The molecule has 1 fully saturated rings. The van der Waals surface area contributed by atoms with Crippen LogP contribution in [0.3, 0.4) is 0 Å². The summed E-state index contributed by atoms with van der Waals surface area (Å²) in [6, 6.07) is 0. The van der Waals surface area contributed by atoms with Crippen LogP contribution in [0.2, 0.25) is 0 Å². The summed E-state index contributed by atoms with van der Waals surface area (Å²) in [6.45, 7) is 5.51. The van der Waals surface area contributed by atoms with Crippen LogP contribution < -0.4 is 10.6 Å². The van der Waals surface area contributed by atoms with E-state index in [1.165, 1.54) is 32.1 Å². The summed E-state index contributed by atoms with van der Waals surface area (Å²) in [6.07, 6.45) is 9.13. The number of ether oxygens (including phenoxy) is 2. The first kappa shape index (κ1) is 21.2. The maximum absolute atomic E-state index is 5.94. The summed E-state index contributed by atoms with van der Waals surface area (Å²) < 4.78 is 11.0. The highest BCUT2D eigenvalue weighted by molar-refractivity contribution is 5.79. The fourth-order valence-corrected chi connectivity index (χ4v) is 2.94. The highest BCUT2D eigenvalue weighted by Crippen LogP contribution is 2.20. The summed E-state index contributed by atoms with van der Waals surface area (Å²) in [5.41, 5.74) is 0. The summed E-state index contributed by atoms with van der Waals surface area (Å²) >= 11 is 0. The van der Waals surface area contributed by atoms with E-state index in [0.29, 0.717) is 6.10 Å². The van der Waals surface area contributed by atoms with E-state index in [1.807, 2.05) is 7.05 Å². The molecular formula is C18H38N4O2. The average Bonchev–Trinajstić information content (AvgIpc) is 2.61. The molecule has 1 aliphatic carbocycles. The van der Waals surface area contributed by atoms with Crippen molar-refractivity contribution in [2.45, 2.75) is 51.0 Å². The topological polar surface area (TPSA) is 58.1 Å². The molecular weight excluding hydrogens is 304 g/mol. The van der Waals surface area contributed by atoms with Crippen LogP contribution in [0.15, 0.2) is 4.99 Å². The highest BCUT2D eigenvalue weighted by atomic mass is 16.5. The van der Waals surface area contributed by atoms with E-state index >= 15 is 0 Å². The molecule has 0 aliphatic heterocycles. The van der Waals surface area contributed by atoms with E-state index < -0.39 is 0 Å². The summed E-state index contributed by atoms with van der Waals surface area (Å²) in [5, 5.41) is 6.71. The first-order chi connectivity index (χ1) is 11.8. The van der Waals surface area contributed by atoms with Crippen LogP contribution in [-0.4, -0.2) is 77.6 Å². The summed E-state index contributed by atoms with van der Waals surface area (Å²) in [5.74, 6) is 0.873. The van der Waals surface area contributed by atoms with Gasteiger partial charge >= 0.3 is 0 Å². The van der Waals surface area contributed by atoms with Gasteiger partial charge in [-0.25, -0.2) is 0 Å². The Hall–Kier alpha value is -0.850. The molecule has 0 aromatic heterocycles. The number of guanidine groups is 1. The molecule has 1 saturated carbocycles. The molecule has 0 spiro atoms. The van der Waals surface area contributed by atoms with Crippen molar-refractivity contribution in [3.8, 4) is 0 Å². The number of rotatable bonds is 12. The van der Waals surface area contributed by atoms with Crippen LogP contribution >= 0.6 is 0 Å². The molecule has 1 rings (SSSR count). The van der Waals surface area contributed by atoms with E-state index in [0.717, 1.165) is 58.2 Å². The quantitative estimate of drug-likeness (QED) is 0.322. The van der Waals surface area contributed by atoms with Crippen molar-refractivity contribution >= 4 is 5.96 Å². The monoisotopic (exact) mass is 342 g/mol. The van der Waals surface area contributed by atoms with Gasteiger partial charge < -0.3 is 25.0 Å². The number of nitrogens with one attached hydrogen (secondary N) is 2. The van der Waals surface area contributed by atoms with Crippen LogP contribution in [0.1, 0.15) is 44.9 Å². The van der Waals surface area contributed by atoms with Crippen LogP contribution in [0, 0.1) is 0 Å². The Bertz CT molecular complexity index is 320. The van der Waals surface area contributed by atoms with Gasteiger partial charge in [0.1, 0.15) is 0 Å². The Morgan fingerprint density at radius 3 is 2.50 bits per heavy atom. The Kier molecular flexibility index (Phi) is 12.8. The molecule has 0 atom stereocenters. The van der Waals surface area contributed by atoms with Crippen LogP contribution in [-0.2, 0) is 9.47 Å². The minimum Gasteiger partial charge on any atom is -0.385 e. The van der Waals surface area contributed by atoms with E-state index in [2.05, 4.69) is 27.6 Å². The third kappa shape index (κ3) is 10.8. The van der Waals surface area contributed by atoms with E-state index in [-0.39, 0.29) is 0 Å². The maximum Gasteiger partial charge on any atom is 0.191 e. The molecule has 24 heavy (non-hydrogen) atoms. The Balaban J connectivity index is 1.97. The molecule has 0 aromatic carbocycles. The number of hydrogen-bond donors (Lipinski definition) is 2. The van der Waals surface area contributed by atoms with Gasteiger partial charge in [0.15, 0.2) is 5.96 Å². The first-order valence-corrected chi connectivity index (χ1v) is 9.50. The molecule has 142 valence electrons. The van der Waals surface area contributed by atoms with E-state index in [1.54, 1.807) is 7.11 Å². The standard InChI is InChI=1S/C18H38N4O2/c1-19-18(21-12-14-22(2)13-8-15-23-3)20-11-7-16-24-17-9-5-4-6-10-17/h17H,4-16H2,1-3H3,(H2,19,20,21). The lowest BCUT2D eigenvalue weighted by Gasteiger charge is -2.22. The van der Waals surface area contributed by atoms with Crippen molar-refractivity contribution in [2.75, 3.05) is 60.6 Å². The van der Waals surface area contributed by atoms with Crippen molar-refractivity contribution in [3.05, 3.63) is 0 Å². The Morgan fingerprint density at radius 2 is 1.79 bits per heavy atom. The van der Waals surface area contributed by atoms with Crippen molar-refractivity contribution < 1.29 is 9.47 Å². The van der Waals surface area contributed by atoms with Crippen LogP contribution in [0.25, 0.3) is 0 Å². The zero-order valence-electron chi connectivity index (χ0n) is 16.0. The minimum absolute atomic E-state index is 0.504. The zero-order chi connectivity index (χ0) is 17.5. The fraction of sp³-hybridized carbons (Fsp3) is 0.944. The summed E-state index contributed by atoms with van der Waals surface area (Å²) in [7, 11) is 5.70. The number of likely N-dealkylation sites (N-methyl/N-ethyl adjacent to an activating group) is 1. The average molecular weight is 343 g/mol. The molecule has 6 nitrogen and oxygen atoms in total. The number of hydrogen-bond acceptors (Lipinski definition) is 4. The van der Waals surface area contributed by atoms with Crippen molar-refractivity contribution in [1.82, 2.24) is 15.5 Å². The summed E-state index contributed by atoms with van der Waals surface area (Å²) in [4.78, 5) is 6.57. The van der Waals surface area contributed by atoms with Gasteiger partial charge in [-0.2, -0.15) is 0 Å². The maximum atomic E-state index is 5.94. The van der Waals surface area contributed by atoms with E-state index in [9.17, 15) is 0 Å². The minimum atomic E-state index is 0.504. The van der Waals surface area contributed by atoms with Crippen molar-refractivity contribution in [1.29, 1.82) is 0 Å². The smallest absolute Gasteiger partial charge is 0.191 e. The van der Waals surface area contributed by atoms with E-state index in [4.69, 9.17) is 9.47 Å². The fourth-order valence-electron chi connectivity index (χ4n) is 2.94. The molecule has 6 heteroatoms. The van der Waals surface area contributed by atoms with Gasteiger partial charge in [0.25, 0.3) is 0 Å². The van der Waals surface area contributed by atoms with Crippen molar-refractivity contribution in [3.63, 3.8) is 0 Å². The number of aliphatic imine (C=N–C) groups is 1. The van der Waals surface area contributed by atoms with Gasteiger partial charge in [-0.1, -0.05) is 19.3 Å². The predicted octanol–water partition coefficient (Wildman–Crippen LogP) is 1.86.